The van der Waals surface area contributed by atoms with Crippen molar-refractivity contribution in [1.82, 2.24) is 10.2 Å². The number of carbonyl (C=O) groups excluding carboxylic acids is 1. The molecule has 1 amide bonds. The molecule has 0 aromatic carbocycles. The Labute approximate surface area is 90.6 Å². The first-order valence-corrected chi connectivity index (χ1v) is 5.85. The van der Waals surface area contributed by atoms with E-state index in [0.29, 0.717) is 25.0 Å². The van der Waals surface area contributed by atoms with Gasteiger partial charge in [0.15, 0.2) is 0 Å². The Bertz CT molecular complexity index is 241. The summed E-state index contributed by atoms with van der Waals surface area (Å²) in [6.07, 6.45) is 2.97. The molecule has 86 valence electrons. The SMILES string of the molecule is CC1CCN(CC(=O)NC2CC2)CC1O. The van der Waals surface area contributed by atoms with E-state index in [2.05, 4.69) is 12.2 Å². The Hall–Kier alpha value is -0.610. The first-order valence-electron chi connectivity index (χ1n) is 5.85. The van der Waals surface area contributed by atoms with Gasteiger partial charge in [-0.3, -0.25) is 9.69 Å². The molecule has 2 fully saturated rings. The van der Waals surface area contributed by atoms with Crippen molar-refractivity contribution in [2.45, 2.75) is 38.3 Å². The summed E-state index contributed by atoms with van der Waals surface area (Å²) in [5, 5.41) is 12.6. The number of hydrogen-bond acceptors (Lipinski definition) is 3. The highest BCUT2D eigenvalue weighted by Crippen LogP contribution is 2.19. The number of aliphatic hydroxyl groups is 1. The van der Waals surface area contributed by atoms with Crippen molar-refractivity contribution in [2.24, 2.45) is 5.92 Å². The van der Waals surface area contributed by atoms with E-state index in [0.717, 1.165) is 25.8 Å². The average Bonchev–Trinajstić information content (AvgIpc) is 2.95. The van der Waals surface area contributed by atoms with E-state index in [-0.39, 0.29) is 12.0 Å². The predicted molar refractivity (Wildman–Crippen MR) is 57.4 cm³/mol. The van der Waals surface area contributed by atoms with Crippen molar-refractivity contribution in [3.8, 4) is 0 Å². The molecule has 0 bridgehead atoms. The number of amides is 1. The van der Waals surface area contributed by atoms with Crippen LogP contribution in [0.4, 0.5) is 0 Å². The molecule has 2 unspecified atom stereocenters. The highest BCUT2D eigenvalue weighted by atomic mass is 16.3. The van der Waals surface area contributed by atoms with Gasteiger partial charge in [-0.1, -0.05) is 6.92 Å². The summed E-state index contributed by atoms with van der Waals surface area (Å²) in [6, 6.07) is 0.436. The van der Waals surface area contributed by atoms with Gasteiger partial charge in [-0.05, 0) is 31.7 Å². The molecule has 0 radical (unpaired) electrons. The van der Waals surface area contributed by atoms with Crippen molar-refractivity contribution in [2.75, 3.05) is 19.6 Å². The Kier molecular flexibility index (Phi) is 3.26. The van der Waals surface area contributed by atoms with Gasteiger partial charge < -0.3 is 10.4 Å². The summed E-state index contributed by atoms with van der Waals surface area (Å²) in [5.41, 5.74) is 0. The van der Waals surface area contributed by atoms with Crippen molar-refractivity contribution >= 4 is 5.91 Å². The third-order valence-corrected chi connectivity index (χ3v) is 3.31. The third-order valence-electron chi connectivity index (χ3n) is 3.31. The zero-order valence-corrected chi connectivity index (χ0v) is 9.28. The number of likely N-dealkylation sites (tertiary alicyclic amines) is 1. The van der Waals surface area contributed by atoms with Crippen LogP contribution in [0.3, 0.4) is 0 Å². The number of piperidine rings is 1. The molecule has 2 rings (SSSR count). The highest BCUT2D eigenvalue weighted by molar-refractivity contribution is 5.78. The summed E-state index contributed by atoms with van der Waals surface area (Å²) in [7, 11) is 0. The van der Waals surface area contributed by atoms with Crippen LogP contribution < -0.4 is 5.32 Å². The summed E-state index contributed by atoms with van der Waals surface area (Å²) in [4.78, 5) is 13.6. The van der Waals surface area contributed by atoms with Crippen molar-refractivity contribution in [3.63, 3.8) is 0 Å². The first-order chi connectivity index (χ1) is 7.15. The van der Waals surface area contributed by atoms with Crippen LogP contribution in [0.2, 0.25) is 0 Å². The summed E-state index contributed by atoms with van der Waals surface area (Å²) < 4.78 is 0. The van der Waals surface area contributed by atoms with E-state index in [1.807, 2.05) is 4.90 Å². The lowest BCUT2D eigenvalue weighted by molar-refractivity contribution is -0.123. The fourth-order valence-corrected chi connectivity index (χ4v) is 1.96. The zero-order chi connectivity index (χ0) is 10.8. The molecule has 1 aliphatic carbocycles. The molecule has 4 nitrogen and oxygen atoms in total. The molecule has 1 heterocycles. The second kappa shape index (κ2) is 4.49. The Morgan fingerprint density at radius 3 is 2.80 bits per heavy atom. The van der Waals surface area contributed by atoms with Gasteiger partial charge in [-0.15, -0.1) is 0 Å². The molecule has 1 aliphatic heterocycles. The Balaban J connectivity index is 1.71. The van der Waals surface area contributed by atoms with E-state index in [1.54, 1.807) is 0 Å². The van der Waals surface area contributed by atoms with Gasteiger partial charge in [-0.25, -0.2) is 0 Å². The standard InChI is InChI=1S/C11H20N2O2/c1-8-4-5-13(6-10(8)14)7-11(15)12-9-2-3-9/h8-10,14H,2-7H2,1H3,(H,12,15). The number of carbonyl (C=O) groups is 1. The molecule has 15 heavy (non-hydrogen) atoms. The average molecular weight is 212 g/mol. The molecular weight excluding hydrogens is 192 g/mol. The number of β-amino-alcohol motifs (C(OH)–C–C–N with tert-alkyl or cyclic N) is 1. The van der Waals surface area contributed by atoms with Crippen LogP contribution in [-0.2, 0) is 4.79 Å². The quantitative estimate of drug-likeness (QED) is 0.690. The lowest BCUT2D eigenvalue weighted by atomic mass is 9.96. The molecule has 0 aromatic heterocycles. The smallest absolute Gasteiger partial charge is 0.234 e. The fourth-order valence-electron chi connectivity index (χ4n) is 1.96. The lowest BCUT2D eigenvalue weighted by Gasteiger charge is -2.33. The molecule has 1 saturated carbocycles. The van der Waals surface area contributed by atoms with Crippen molar-refractivity contribution < 1.29 is 9.90 Å². The number of nitrogens with zero attached hydrogens (tertiary/aromatic N) is 1. The minimum atomic E-state index is -0.271. The van der Waals surface area contributed by atoms with Gasteiger partial charge in [0, 0.05) is 12.6 Å². The minimum Gasteiger partial charge on any atom is -0.392 e. The summed E-state index contributed by atoms with van der Waals surface area (Å²) >= 11 is 0. The minimum absolute atomic E-state index is 0.110. The zero-order valence-electron chi connectivity index (χ0n) is 9.28. The van der Waals surface area contributed by atoms with E-state index < -0.39 is 0 Å². The van der Waals surface area contributed by atoms with E-state index in [9.17, 15) is 9.90 Å². The second-order valence-corrected chi connectivity index (χ2v) is 4.91. The van der Waals surface area contributed by atoms with E-state index >= 15 is 0 Å². The van der Waals surface area contributed by atoms with Gasteiger partial charge in [0.05, 0.1) is 12.6 Å². The number of aliphatic hydroxyl groups excluding tert-OH is 1. The van der Waals surface area contributed by atoms with Crippen LogP contribution in [0.15, 0.2) is 0 Å². The molecule has 4 heteroatoms. The molecule has 0 aromatic rings. The molecule has 2 N–H and O–H groups in total. The molecular formula is C11H20N2O2. The predicted octanol–water partition coefficient (Wildman–Crippen LogP) is -0.0323. The largest absolute Gasteiger partial charge is 0.392 e. The maximum Gasteiger partial charge on any atom is 0.234 e. The fraction of sp³-hybridized carbons (Fsp3) is 0.909. The van der Waals surface area contributed by atoms with E-state index in [4.69, 9.17) is 0 Å². The van der Waals surface area contributed by atoms with Crippen LogP contribution in [0.1, 0.15) is 26.2 Å². The van der Waals surface area contributed by atoms with Gasteiger partial charge in [0.2, 0.25) is 5.91 Å². The monoisotopic (exact) mass is 212 g/mol. The summed E-state index contributed by atoms with van der Waals surface area (Å²) in [5.74, 6) is 0.479. The molecule has 2 aliphatic rings. The van der Waals surface area contributed by atoms with Crippen molar-refractivity contribution in [1.29, 1.82) is 0 Å². The first kappa shape index (κ1) is 10.9. The molecule has 2 atom stereocenters. The summed E-state index contributed by atoms with van der Waals surface area (Å²) in [6.45, 7) is 4.07. The van der Waals surface area contributed by atoms with Gasteiger partial charge in [0.25, 0.3) is 0 Å². The van der Waals surface area contributed by atoms with Crippen LogP contribution in [0, 0.1) is 5.92 Å². The van der Waals surface area contributed by atoms with E-state index in [1.165, 1.54) is 0 Å². The Morgan fingerprint density at radius 2 is 2.20 bits per heavy atom. The van der Waals surface area contributed by atoms with Gasteiger partial charge in [-0.2, -0.15) is 0 Å². The van der Waals surface area contributed by atoms with Gasteiger partial charge >= 0.3 is 0 Å². The highest BCUT2D eigenvalue weighted by Gasteiger charge is 2.27. The van der Waals surface area contributed by atoms with Crippen molar-refractivity contribution in [3.05, 3.63) is 0 Å². The normalized spacial score (nSPS) is 32.7. The topological polar surface area (TPSA) is 52.6 Å². The van der Waals surface area contributed by atoms with Crippen LogP contribution >= 0.6 is 0 Å². The number of hydrogen-bond donors (Lipinski definition) is 2. The van der Waals surface area contributed by atoms with Gasteiger partial charge in [0.1, 0.15) is 0 Å². The van der Waals surface area contributed by atoms with Crippen LogP contribution in [0.25, 0.3) is 0 Å². The lowest BCUT2D eigenvalue weighted by Crippen LogP contribution is -2.47. The number of nitrogens with one attached hydrogen (secondary N) is 1. The number of rotatable bonds is 3. The third kappa shape index (κ3) is 3.18. The Morgan fingerprint density at radius 1 is 1.47 bits per heavy atom. The van der Waals surface area contributed by atoms with Crippen LogP contribution in [0.5, 0.6) is 0 Å². The van der Waals surface area contributed by atoms with Crippen LogP contribution in [-0.4, -0.2) is 47.7 Å². The second-order valence-electron chi connectivity index (χ2n) is 4.91. The molecule has 0 spiro atoms. The molecule has 1 saturated heterocycles. The maximum atomic E-state index is 11.5. The maximum absolute atomic E-state index is 11.5.